The van der Waals surface area contributed by atoms with Gasteiger partial charge in [-0.3, -0.25) is 0 Å². The van der Waals surface area contributed by atoms with Crippen LogP contribution in [0.25, 0.3) is 0 Å². The van der Waals surface area contributed by atoms with Crippen molar-refractivity contribution in [3.63, 3.8) is 0 Å². The molecule has 1 rings (SSSR count). The Morgan fingerprint density at radius 3 is 2.80 bits per heavy atom. The van der Waals surface area contributed by atoms with Crippen molar-refractivity contribution in [2.45, 2.75) is 6.42 Å². The summed E-state index contributed by atoms with van der Waals surface area (Å²) >= 11 is 1.22. The molecule has 0 spiro atoms. The number of cyclic esters (lactones) is 1. The van der Waals surface area contributed by atoms with Crippen LogP contribution in [0.4, 0.5) is 0 Å². The predicted molar refractivity (Wildman–Crippen MR) is 38.7 cm³/mol. The molecule has 0 amide bonds. The Morgan fingerprint density at radius 2 is 2.40 bits per heavy atom. The molecule has 0 unspecified atom stereocenters. The number of hydrogen-bond acceptors (Lipinski definition) is 4. The Bertz CT molecular complexity index is 185. The summed E-state index contributed by atoms with van der Waals surface area (Å²) < 4.78 is 4.67. The lowest BCUT2D eigenvalue weighted by atomic mass is 10.3. The lowest BCUT2D eigenvalue weighted by Crippen LogP contribution is -2.15. The summed E-state index contributed by atoms with van der Waals surface area (Å²) in [4.78, 5) is 11.1. The summed E-state index contributed by atoms with van der Waals surface area (Å²) in [6.07, 6.45) is 2.18. The fraction of sp³-hybridized carbons (Fsp3) is 0.500. The first-order chi connectivity index (χ1) is 4.75. The summed E-state index contributed by atoms with van der Waals surface area (Å²) in [6, 6.07) is 0. The van der Waals surface area contributed by atoms with E-state index < -0.39 is 5.97 Å². The highest BCUT2D eigenvalue weighted by Gasteiger charge is 2.20. The fourth-order valence-electron chi connectivity index (χ4n) is 0.738. The number of rotatable bonds is 1. The van der Waals surface area contributed by atoms with Gasteiger partial charge in [0.05, 0.1) is 6.61 Å². The van der Waals surface area contributed by atoms with E-state index in [1.807, 2.05) is 0 Å². The number of aliphatic hydroxyl groups is 1. The number of esters is 1. The Kier molecular flexibility index (Phi) is 2.21. The van der Waals surface area contributed by atoms with Crippen LogP contribution in [-0.2, 0) is 9.53 Å². The maximum absolute atomic E-state index is 10.8. The van der Waals surface area contributed by atoms with Gasteiger partial charge in [0.2, 0.25) is 0 Å². The van der Waals surface area contributed by atoms with Crippen molar-refractivity contribution in [1.29, 1.82) is 0 Å². The van der Waals surface area contributed by atoms with Crippen molar-refractivity contribution in [2.24, 2.45) is 0 Å². The Hall–Kier alpha value is -0.640. The highest BCUT2D eigenvalue weighted by molar-refractivity contribution is 8.03. The monoisotopic (exact) mass is 160 g/mol. The molecule has 0 saturated heterocycles. The van der Waals surface area contributed by atoms with Crippen molar-refractivity contribution >= 4 is 17.7 Å². The molecular formula is C6H8O3S. The third-order valence-corrected chi connectivity index (χ3v) is 2.03. The highest BCUT2D eigenvalue weighted by atomic mass is 32.2. The molecule has 10 heavy (non-hydrogen) atoms. The number of carbonyl (C=O) groups is 1. The minimum Gasteiger partial charge on any atom is -0.511 e. The molecule has 0 radical (unpaired) electrons. The zero-order valence-electron chi connectivity index (χ0n) is 5.59. The summed E-state index contributed by atoms with van der Waals surface area (Å²) in [6.45, 7) is 0.300. The van der Waals surface area contributed by atoms with Gasteiger partial charge < -0.3 is 9.84 Å². The van der Waals surface area contributed by atoms with Gasteiger partial charge >= 0.3 is 5.97 Å². The maximum Gasteiger partial charge on any atom is 0.348 e. The lowest BCUT2D eigenvalue weighted by molar-refractivity contribution is -0.139. The number of hydrogen-bond donors (Lipinski definition) is 1. The van der Waals surface area contributed by atoms with E-state index in [2.05, 4.69) is 4.74 Å². The standard InChI is InChI=1S/C6H8O3S/c1-10-5-4(7)2-3-9-6(5)8/h7H,2-3H2,1H3. The molecule has 0 saturated carbocycles. The van der Waals surface area contributed by atoms with E-state index in [1.165, 1.54) is 11.8 Å². The van der Waals surface area contributed by atoms with E-state index in [0.717, 1.165) is 0 Å². The first kappa shape index (κ1) is 7.47. The van der Waals surface area contributed by atoms with E-state index in [0.29, 0.717) is 17.9 Å². The van der Waals surface area contributed by atoms with Gasteiger partial charge in [-0.05, 0) is 6.26 Å². The lowest BCUT2D eigenvalue weighted by Gasteiger charge is -2.13. The van der Waals surface area contributed by atoms with Gasteiger partial charge in [-0.1, -0.05) is 0 Å². The minimum absolute atomic E-state index is 0.156. The summed E-state index contributed by atoms with van der Waals surface area (Å²) in [5.74, 6) is -0.250. The highest BCUT2D eigenvalue weighted by Crippen LogP contribution is 2.22. The second-order valence-electron chi connectivity index (χ2n) is 1.87. The number of aliphatic hydroxyl groups excluding tert-OH is 1. The van der Waals surface area contributed by atoms with Crippen LogP contribution in [0.3, 0.4) is 0 Å². The first-order valence-corrected chi connectivity index (χ1v) is 4.11. The third kappa shape index (κ3) is 1.26. The van der Waals surface area contributed by atoms with Gasteiger partial charge in [0.1, 0.15) is 10.7 Å². The molecule has 4 heteroatoms. The molecule has 0 aromatic heterocycles. The van der Waals surface area contributed by atoms with Crippen LogP contribution in [0.5, 0.6) is 0 Å². The smallest absolute Gasteiger partial charge is 0.348 e. The summed E-state index contributed by atoms with van der Waals surface area (Å²) in [7, 11) is 0. The van der Waals surface area contributed by atoms with Crippen LogP contribution in [0.15, 0.2) is 10.7 Å². The SMILES string of the molecule is CSC1=C(O)CCOC1=O. The molecule has 0 atom stereocenters. The molecule has 0 aliphatic carbocycles. The quantitative estimate of drug-likeness (QED) is 0.583. The predicted octanol–water partition coefficient (Wildman–Crippen LogP) is 1.07. The zero-order chi connectivity index (χ0) is 7.56. The van der Waals surface area contributed by atoms with Crippen molar-refractivity contribution in [2.75, 3.05) is 12.9 Å². The Balaban J connectivity index is 2.84. The molecule has 1 aliphatic rings. The average molecular weight is 160 g/mol. The van der Waals surface area contributed by atoms with E-state index in [4.69, 9.17) is 5.11 Å². The molecule has 0 bridgehead atoms. The van der Waals surface area contributed by atoms with Crippen molar-refractivity contribution in [3.8, 4) is 0 Å². The van der Waals surface area contributed by atoms with Crippen molar-refractivity contribution < 1.29 is 14.6 Å². The molecule has 0 aromatic carbocycles. The minimum atomic E-state index is -0.406. The molecule has 1 heterocycles. The maximum atomic E-state index is 10.8. The molecule has 1 aliphatic heterocycles. The van der Waals surface area contributed by atoms with E-state index in [1.54, 1.807) is 6.26 Å². The van der Waals surface area contributed by atoms with E-state index in [-0.39, 0.29) is 5.76 Å². The van der Waals surface area contributed by atoms with Crippen molar-refractivity contribution in [3.05, 3.63) is 10.7 Å². The molecule has 0 aromatic rings. The second-order valence-corrected chi connectivity index (χ2v) is 2.68. The van der Waals surface area contributed by atoms with Gasteiger partial charge in [-0.15, -0.1) is 11.8 Å². The normalized spacial score (nSPS) is 19.1. The molecule has 1 N–H and O–H groups in total. The van der Waals surface area contributed by atoms with Gasteiger partial charge in [0, 0.05) is 6.42 Å². The van der Waals surface area contributed by atoms with Gasteiger partial charge in [0.25, 0.3) is 0 Å². The van der Waals surface area contributed by atoms with Crippen LogP contribution in [0.1, 0.15) is 6.42 Å². The van der Waals surface area contributed by atoms with Gasteiger partial charge in [-0.25, -0.2) is 4.79 Å². The van der Waals surface area contributed by atoms with Crippen LogP contribution in [0.2, 0.25) is 0 Å². The van der Waals surface area contributed by atoms with Crippen LogP contribution >= 0.6 is 11.8 Å². The number of carbonyl (C=O) groups excluding carboxylic acids is 1. The Morgan fingerprint density at radius 1 is 1.70 bits per heavy atom. The van der Waals surface area contributed by atoms with Gasteiger partial charge in [0.15, 0.2) is 0 Å². The average Bonchev–Trinajstić information content (AvgIpc) is 1.88. The summed E-state index contributed by atoms with van der Waals surface area (Å²) in [5, 5.41) is 9.10. The topological polar surface area (TPSA) is 46.5 Å². The fourth-order valence-corrected chi connectivity index (χ4v) is 1.30. The number of ether oxygens (including phenoxy) is 1. The molecule has 56 valence electrons. The van der Waals surface area contributed by atoms with Crippen LogP contribution in [0, 0.1) is 0 Å². The molecule has 3 nitrogen and oxygen atoms in total. The zero-order valence-corrected chi connectivity index (χ0v) is 6.40. The molecular weight excluding hydrogens is 152 g/mol. The second kappa shape index (κ2) is 2.96. The van der Waals surface area contributed by atoms with Crippen LogP contribution in [-0.4, -0.2) is 23.9 Å². The molecule has 0 fully saturated rings. The van der Waals surface area contributed by atoms with E-state index in [9.17, 15) is 4.79 Å². The number of thioether (sulfide) groups is 1. The van der Waals surface area contributed by atoms with E-state index >= 15 is 0 Å². The Labute approximate surface area is 63.1 Å². The summed E-state index contributed by atoms with van der Waals surface area (Å²) in [5.41, 5.74) is 0. The third-order valence-electron chi connectivity index (χ3n) is 1.22. The van der Waals surface area contributed by atoms with Crippen molar-refractivity contribution in [1.82, 2.24) is 0 Å². The van der Waals surface area contributed by atoms with Crippen LogP contribution < -0.4 is 0 Å². The largest absolute Gasteiger partial charge is 0.511 e. The first-order valence-electron chi connectivity index (χ1n) is 2.89. The van der Waals surface area contributed by atoms with Gasteiger partial charge in [-0.2, -0.15) is 0 Å².